The summed E-state index contributed by atoms with van der Waals surface area (Å²) in [5.74, 6) is -0.633. The SMILES string of the molecule is N=C=O.N=C=O.O=C1NC(=O)c2cccc1c2. The third-order valence-corrected chi connectivity index (χ3v) is 1.61. The molecule has 2 rings (SSSR count). The Bertz CT molecular complexity index is 457. The minimum absolute atomic E-state index is 0.317. The summed E-state index contributed by atoms with van der Waals surface area (Å²) < 4.78 is 0. The van der Waals surface area contributed by atoms with E-state index < -0.39 is 0 Å². The van der Waals surface area contributed by atoms with E-state index in [0.717, 1.165) is 12.2 Å². The van der Waals surface area contributed by atoms with Crippen LogP contribution in [0.15, 0.2) is 24.3 Å². The Hall–Kier alpha value is -2.88. The quantitative estimate of drug-likeness (QED) is 0.339. The van der Waals surface area contributed by atoms with E-state index in [-0.39, 0.29) is 11.8 Å². The summed E-state index contributed by atoms with van der Waals surface area (Å²) in [6.45, 7) is 0. The lowest BCUT2D eigenvalue weighted by molar-refractivity contribution is 0.0840. The van der Waals surface area contributed by atoms with Gasteiger partial charge in [-0.15, -0.1) is 0 Å². The molecule has 0 radical (unpaired) electrons. The number of amides is 2. The maximum atomic E-state index is 10.9. The van der Waals surface area contributed by atoms with Crippen molar-refractivity contribution < 1.29 is 19.2 Å². The molecule has 3 N–H and O–H groups in total. The Morgan fingerprint density at radius 3 is 1.65 bits per heavy atom. The molecule has 0 aliphatic carbocycles. The molecule has 0 spiro atoms. The van der Waals surface area contributed by atoms with Gasteiger partial charge in [-0.2, -0.15) is 0 Å². The zero-order valence-corrected chi connectivity index (χ0v) is 8.44. The van der Waals surface area contributed by atoms with E-state index in [4.69, 9.17) is 20.4 Å². The molecule has 86 valence electrons. The van der Waals surface area contributed by atoms with E-state index in [1.165, 1.54) is 0 Å². The van der Waals surface area contributed by atoms with Gasteiger partial charge < -0.3 is 0 Å². The molecular formula is C10H7N3O4. The van der Waals surface area contributed by atoms with E-state index in [1.54, 1.807) is 24.3 Å². The number of hydrogen-bond donors (Lipinski definition) is 3. The molecule has 2 bridgehead atoms. The Labute approximate surface area is 95.5 Å². The zero-order chi connectivity index (χ0) is 13.3. The van der Waals surface area contributed by atoms with Crippen LogP contribution in [0, 0.1) is 10.8 Å². The van der Waals surface area contributed by atoms with Crippen LogP contribution in [0.1, 0.15) is 20.7 Å². The number of rotatable bonds is 0. The molecule has 1 aliphatic rings. The molecule has 1 aliphatic heterocycles. The minimum Gasteiger partial charge on any atom is -0.288 e. The molecule has 0 saturated heterocycles. The second-order valence-corrected chi connectivity index (χ2v) is 2.57. The Kier molecular flexibility index (Phi) is 6.16. The largest absolute Gasteiger partial charge is 0.288 e. The molecule has 1 aromatic rings. The van der Waals surface area contributed by atoms with Crippen molar-refractivity contribution in [2.75, 3.05) is 0 Å². The number of nitrogens with one attached hydrogen (secondary N) is 3. The first-order valence-electron chi connectivity index (χ1n) is 4.14. The number of imide groups is 1. The fourth-order valence-corrected chi connectivity index (χ4v) is 1.05. The van der Waals surface area contributed by atoms with Crippen LogP contribution >= 0.6 is 0 Å². The molecule has 0 saturated carbocycles. The number of hydrogen-bond acceptors (Lipinski definition) is 6. The summed E-state index contributed by atoms with van der Waals surface area (Å²) in [7, 11) is 0. The van der Waals surface area contributed by atoms with Gasteiger partial charge in [0.25, 0.3) is 11.8 Å². The molecule has 0 fully saturated rings. The Morgan fingerprint density at radius 1 is 0.941 bits per heavy atom. The van der Waals surface area contributed by atoms with Crippen LogP contribution in [-0.2, 0) is 9.59 Å². The van der Waals surface area contributed by atoms with Gasteiger partial charge in [-0.25, -0.2) is 20.4 Å². The number of isocyanates is 2. The third-order valence-electron chi connectivity index (χ3n) is 1.61. The van der Waals surface area contributed by atoms with Crippen molar-refractivity contribution in [3.8, 4) is 0 Å². The highest BCUT2D eigenvalue weighted by Crippen LogP contribution is 2.09. The lowest BCUT2D eigenvalue weighted by atomic mass is 10.1. The fourth-order valence-electron chi connectivity index (χ4n) is 1.05. The average Bonchev–Trinajstić information content (AvgIpc) is 2.30. The van der Waals surface area contributed by atoms with Gasteiger partial charge in [0, 0.05) is 11.1 Å². The smallest absolute Gasteiger partial charge is 0.258 e. The maximum Gasteiger partial charge on any atom is 0.258 e. The van der Waals surface area contributed by atoms with Crippen LogP contribution in [0.4, 0.5) is 0 Å². The van der Waals surface area contributed by atoms with Crippen molar-refractivity contribution in [3.63, 3.8) is 0 Å². The van der Waals surface area contributed by atoms with E-state index in [1.807, 2.05) is 0 Å². The normalized spacial score (nSPS) is 10.4. The topological polar surface area (TPSA) is 128 Å². The zero-order valence-electron chi connectivity index (χ0n) is 8.44. The summed E-state index contributed by atoms with van der Waals surface area (Å²) in [6.07, 6.45) is 1.50. The molecular weight excluding hydrogens is 226 g/mol. The summed E-state index contributed by atoms with van der Waals surface area (Å²) >= 11 is 0. The summed E-state index contributed by atoms with van der Waals surface area (Å²) in [4.78, 5) is 38.6. The Balaban J connectivity index is 0.000000366. The van der Waals surface area contributed by atoms with Crippen molar-refractivity contribution >= 4 is 24.0 Å². The maximum absolute atomic E-state index is 10.9. The lowest BCUT2D eigenvalue weighted by Gasteiger charge is -2.10. The van der Waals surface area contributed by atoms with E-state index in [9.17, 15) is 9.59 Å². The van der Waals surface area contributed by atoms with Gasteiger partial charge in [-0.1, -0.05) is 6.07 Å². The summed E-state index contributed by atoms with van der Waals surface area (Å²) in [6, 6.07) is 6.62. The molecule has 0 aromatic heterocycles. The predicted molar refractivity (Wildman–Crippen MR) is 55.1 cm³/mol. The van der Waals surface area contributed by atoms with Gasteiger partial charge in [0.05, 0.1) is 0 Å². The van der Waals surface area contributed by atoms with E-state index >= 15 is 0 Å². The molecule has 17 heavy (non-hydrogen) atoms. The first kappa shape index (κ1) is 14.1. The van der Waals surface area contributed by atoms with Gasteiger partial charge in [0.2, 0.25) is 12.2 Å². The van der Waals surface area contributed by atoms with Crippen LogP contribution in [0.25, 0.3) is 0 Å². The van der Waals surface area contributed by atoms with Crippen LogP contribution in [0.5, 0.6) is 0 Å². The molecule has 2 amide bonds. The van der Waals surface area contributed by atoms with Crippen molar-refractivity contribution in [2.45, 2.75) is 0 Å². The molecule has 1 aromatic carbocycles. The summed E-state index contributed by atoms with van der Waals surface area (Å²) in [5.41, 5.74) is 1.09. The van der Waals surface area contributed by atoms with Crippen molar-refractivity contribution in [1.82, 2.24) is 5.32 Å². The number of carbonyl (C=O) groups is 2. The molecule has 0 unspecified atom stereocenters. The van der Waals surface area contributed by atoms with Gasteiger partial charge in [-0.3, -0.25) is 14.9 Å². The third kappa shape index (κ3) is 4.44. The van der Waals surface area contributed by atoms with Crippen molar-refractivity contribution in [2.24, 2.45) is 0 Å². The monoisotopic (exact) mass is 233 g/mol. The number of carbonyl (C=O) groups excluding carboxylic acids is 4. The van der Waals surface area contributed by atoms with Crippen LogP contribution in [0.3, 0.4) is 0 Å². The first-order valence-corrected chi connectivity index (χ1v) is 4.14. The predicted octanol–water partition coefficient (Wildman–Crippen LogP) is 0.372. The van der Waals surface area contributed by atoms with Gasteiger partial charge in [0.1, 0.15) is 0 Å². The standard InChI is InChI=1S/C8H5NO2.2CHNO/c10-7-5-2-1-3-6(4-5)8(11)9-7;2*2-1-3/h1-4H,(H,9,10,11);2*2H. The first-order chi connectivity index (χ1) is 8.10. The van der Waals surface area contributed by atoms with E-state index in [2.05, 4.69) is 5.32 Å². The molecule has 1 heterocycles. The molecule has 7 nitrogen and oxygen atoms in total. The lowest BCUT2D eigenvalue weighted by Crippen LogP contribution is -2.34. The van der Waals surface area contributed by atoms with Crippen molar-refractivity contribution in [1.29, 1.82) is 10.8 Å². The highest BCUT2D eigenvalue weighted by atomic mass is 16.2. The molecule has 7 heteroatoms. The number of benzene rings is 1. The fraction of sp³-hybridized carbons (Fsp3) is 0. The minimum atomic E-state index is -0.317. The van der Waals surface area contributed by atoms with Gasteiger partial charge in [0.15, 0.2) is 0 Å². The van der Waals surface area contributed by atoms with Crippen LogP contribution in [-0.4, -0.2) is 24.0 Å². The van der Waals surface area contributed by atoms with Gasteiger partial charge in [-0.05, 0) is 18.2 Å². The van der Waals surface area contributed by atoms with E-state index in [0.29, 0.717) is 11.1 Å². The highest BCUT2D eigenvalue weighted by Gasteiger charge is 2.18. The molecule has 0 atom stereocenters. The van der Waals surface area contributed by atoms with Crippen LogP contribution in [0.2, 0.25) is 0 Å². The number of fused-ring (bicyclic) bond motifs is 2. The van der Waals surface area contributed by atoms with Gasteiger partial charge >= 0.3 is 0 Å². The summed E-state index contributed by atoms with van der Waals surface area (Å²) in [5, 5.41) is 13.0. The Morgan fingerprint density at radius 2 is 1.29 bits per heavy atom. The van der Waals surface area contributed by atoms with Crippen LogP contribution < -0.4 is 5.32 Å². The average molecular weight is 233 g/mol. The van der Waals surface area contributed by atoms with Crippen molar-refractivity contribution in [3.05, 3.63) is 35.4 Å². The second kappa shape index (κ2) is 7.42. The second-order valence-electron chi connectivity index (χ2n) is 2.57. The highest BCUT2D eigenvalue weighted by molar-refractivity contribution is 6.14.